The summed E-state index contributed by atoms with van der Waals surface area (Å²) in [7, 11) is 0. The number of hydrogen-bond donors (Lipinski definition) is 3. The zero-order chi connectivity index (χ0) is 15.1. The standard InChI is InChI=1S/C15H18N2O3S/c18-14(17-7-8-21-10-15(19)20)4-2-11-1-3-13-12(9-11)5-6-16-13/h1,3,5-6,9,16H,2,4,7-8,10H2,(H,17,18)(H,19,20). The Morgan fingerprint density at radius 2 is 2.14 bits per heavy atom. The van der Waals surface area contributed by atoms with E-state index in [9.17, 15) is 9.59 Å². The van der Waals surface area contributed by atoms with E-state index < -0.39 is 5.97 Å². The number of benzene rings is 1. The number of rotatable bonds is 8. The van der Waals surface area contributed by atoms with Gasteiger partial charge in [0.1, 0.15) is 0 Å². The summed E-state index contributed by atoms with van der Waals surface area (Å²) in [5.41, 5.74) is 2.23. The first-order valence-electron chi connectivity index (χ1n) is 6.77. The molecule has 0 spiro atoms. The third-order valence-electron chi connectivity index (χ3n) is 3.05. The van der Waals surface area contributed by atoms with Gasteiger partial charge in [-0.05, 0) is 35.6 Å². The highest BCUT2D eigenvalue weighted by Gasteiger charge is 2.03. The first kappa shape index (κ1) is 15.4. The number of fused-ring (bicyclic) bond motifs is 1. The Morgan fingerprint density at radius 3 is 2.95 bits per heavy atom. The Hall–Kier alpha value is -1.95. The molecule has 21 heavy (non-hydrogen) atoms. The number of carbonyl (C=O) groups excluding carboxylic acids is 1. The number of nitrogens with one attached hydrogen (secondary N) is 2. The van der Waals surface area contributed by atoms with E-state index in [2.05, 4.69) is 16.4 Å². The van der Waals surface area contributed by atoms with Gasteiger partial charge in [0.05, 0.1) is 5.75 Å². The summed E-state index contributed by atoms with van der Waals surface area (Å²) in [6.45, 7) is 0.508. The van der Waals surface area contributed by atoms with Gasteiger partial charge in [-0.1, -0.05) is 6.07 Å². The maximum absolute atomic E-state index is 11.7. The highest BCUT2D eigenvalue weighted by molar-refractivity contribution is 7.99. The van der Waals surface area contributed by atoms with Crippen molar-refractivity contribution in [3.8, 4) is 0 Å². The van der Waals surface area contributed by atoms with Gasteiger partial charge in [-0.2, -0.15) is 0 Å². The van der Waals surface area contributed by atoms with Crippen LogP contribution in [0.1, 0.15) is 12.0 Å². The van der Waals surface area contributed by atoms with Crippen molar-refractivity contribution in [3.05, 3.63) is 36.0 Å². The van der Waals surface area contributed by atoms with Crippen LogP contribution in [0.15, 0.2) is 30.5 Å². The minimum atomic E-state index is -0.827. The van der Waals surface area contributed by atoms with Crippen LogP contribution in [0, 0.1) is 0 Å². The van der Waals surface area contributed by atoms with E-state index in [0.717, 1.165) is 16.5 Å². The van der Waals surface area contributed by atoms with Crippen molar-refractivity contribution in [1.82, 2.24) is 10.3 Å². The summed E-state index contributed by atoms with van der Waals surface area (Å²) >= 11 is 1.30. The molecule has 5 nitrogen and oxygen atoms in total. The molecule has 1 heterocycles. The Labute approximate surface area is 127 Å². The zero-order valence-corrected chi connectivity index (χ0v) is 12.4. The molecular formula is C15H18N2O3S. The van der Waals surface area contributed by atoms with Crippen LogP contribution in [0.3, 0.4) is 0 Å². The largest absolute Gasteiger partial charge is 0.481 e. The van der Waals surface area contributed by atoms with E-state index in [4.69, 9.17) is 5.11 Å². The summed E-state index contributed by atoms with van der Waals surface area (Å²) in [4.78, 5) is 25.1. The van der Waals surface area contributed by atoms with E-state index >= 15 is 0 Å². The lowest BCUT2D eigenvalue weighted by Crippen LogP contribution is -2.26. The van der Waals surface area contributed by atoms with Gasteiger partial charge >= 0.3 is 5.97 Å². The minimum absolute atomic E-state index is 0.0000839. The smallest absolute Gasteiger partial charge is 0.313 e. The molecule has 0 aliphatic carbocycles. The van der Waals surface area contributed by atoms with Crippen molar-refractivity contribution in [2.45, 2.75) is 12.8 Å². The number of aromatic nitrogens is 1. The SMILES string of the molecule is O=C(O)CSCCNC(=O)CCc1ccc2[nH]ccc2c1. The van der Waals surface area contributed by atoms with E-state index in [0.29, 0.717) is 25.1 Å². The van der Waals surface area contributed by atoms with Crippen molar-refractivity contribution >= 4 is 34.5 Å². The molecule has 1 aromatic carbocycles. The summed E-state index contributed by atoms with van der Waals surface area (Å²) in [5.74, 6) is -0.133. The maximum Gasteiger partial charge on any atom is 0.313 e. The fraction of sp³-hybridized carbons (Fsp3) is 0.333. The summed E-state index contributed by atoms with van der Waals surface area (Å²) in [6.07, 6.45) is 3.05. The number of carbonyl (C=O) groups is 2. The second-order valence-corrected chi connectivity index (χ2v) is 5.80. The van der Waals surface area contributed by atoms with Crippen LogP contribution < -0.4 is 5.32 Å². The molecule has 1 amide bonds. The quantitative estimate of drug-likeness (QED) is 0.652. The van der Waals surface area contributed by atoms with Crippen molar-refractivity contribution in [1.29, 1.82) is 0 Å². The van der Waals surface area contributed by atoms with Crippen LogP contribution in [0.4, 0.5) is 0 Å². The highest BCUT2D eigenvalue weighted by Crippen LogP contribution is 2.15. The number of H-pyrrole nitrogens is 1. The Morgan fingerprint density at radius 1 is 1.29 bits per heavy atom. The van der Waals surface area contributed by atoms with Gasteiger partial charge in [0.25, 0.3) is 0 Å². The molecule has 0 bridgehead atoms. The number of thioether (sulfide) groups is 1. The van der Waals surface area contributed by atoms with Crippen molar-refractivity contribution in [2.24, 2.45) is 0 Å². The van der Waals surface area contributed by atoms with Gasteiger partial charge in [-0.25, -0.2) is 0 Å². The molecule has 0 saturated heterocycles. The second-order valence-electron chi connectivity index (χ2n) is 4.70. The summed E-state index contributed by atoms with van der Waals surface area (Å²) in [5, 5.41) is 12.4. The lowest BCUT2D eigenvalue weighted by Gasteiger charge is -2.05. The second kappa shape index (κ2) is 7.73. The minimum Gasteiger partial charge on any atom is -0.481 e. The predicted molar refractivity (Wildman–Crippen MR) is 84.6 cm³/mol. The molecule has 1 aromatic heterocycles. The van der Waals surface area contributed by atoms with Crippen LogP contribution in [0.25, 0.3) is 10.9 Å². The molecule has 0 radical (unpaired) electrons. The monoisotopic (exact) mass is 306 g/mol. The Bertz CT molecular complexity index is 624. The van der Waals surface area contributed by atoms with Gasteiger partial charge in [-0.3, -0.25) is 9.59 Å². The van der Waals surface area contributed by atoms with Crippen LogP contribution in [-0.2, 0) is 16.0 Å². The number of aromatic amines is 1. The Kier molecular flexibility index (Phi) is 5.68. The first-order valence-corrected chi connectivity index (χ1v) is 7.93. The third kappa shape index (κ3) is 5.15. The molecular weight excluding hydrogens is 288 g/mol. The van der Waals surface area contributed by atoms with Crippen LogP contribution in [-0.4, -0.2) is 40.0 Å². The molecule has 0 atom stereocenters. The first-order chi connectivity index (χ1) is 10.1. The number of carboxylic acids is 1. The van der Waals surface area contributed by atoms with Crippen LogP contribution in [0.2, 0.25) is 0 Å². The normalized spacial score (nSPS) is 10.7. The Balaban J connectivity index is 1.67. The van der Waals surface area contributed by atoms with E-state index in [1.807, 2.05) is 24.4 Å². The molecule has 3 N–H and O–H groups in total. The van der Waals surface area contributed by atoms with Crippen LogP contribution >= 0.6 is 11.8 Å². The molecule has 0 aliphatic heterocycles. The third-order valence-corrected chi connectivity index (χ3v) is 4.00. The number of carboxylic acid groups (broad SMARTS) is 1. The highest BCUT2D eigenvalue weighted by atomic mass is 32.2. The van der Waals surface area contributed by atoms with Gasteiger partial charge in [0.2, 0.25) is 5.91 Å². The number of amides is 1. The molecule has 0 fully saturated rings. The molecule has 6 heteroatoms. The molecule has 2 rings (SSSR count). The van der Waals surface area contributed by atoms with Crippen molar-refractivity contribution < 1.29 is 14.7 Å². The van der Waals surface area contributed by atoms with E-state index in [1.165, 1.54) is 11.8 Å². The summed E-state index contributed by atoms with van der Waals surface area (Å²) < 4.78 is 0. The van der Waals surface area contributed by atoms with Gasteiger partial charge in [0.15, 0.2) is 0 Å². The molecule has 0 unspecified atom stereocenters. The fourth-order valence-corrected chi connectivity index (χ4v) is 2.59. The zero-order valence-electron chi connectivity index (χ0n) is 11.6. The topological polar surface area (TPSA) is 82.2 Å². The molecule has 0 saturated carbocycles. The molecule has 112 valence electrons. The summed E-state index contributed by atoms with van der Waals surface area (Å²) in [6, 6.07) is 8.14. The lowest BCUT2D eigenvalue weighted by atomic mass is 10.1. The lowest BCUT2D eigenvalue weighted by molar-refractivity contribution is -0.133. The average molecular weight is 306 g/mol. The number of hydrogen-bond acceptors (Lipinski definition) is 3. The van der Waals surface area contributed by atoms with Gasteiger partial charge < -0.3 is 15.4 Å². The number of aryl methyl sites for hydroxylation is 1. The van der Waals surface area contributed by atoms with Crippen LogP contribution in [0.5, 0.6) is 0 Å². The molecule has 0 aliphatic rings. The van der Waals surface area contributed by atoms with Gasteiger partial charge in [-0.15, -0.1) is 11.8 Å². The average Bonchev–Trinajstić information content (AvgIpc) is 2.92. The van der Waals surface area contributed by atoms with E-state index in [1.54, 1.807) is 0 Å². The number of aliphatic carboxylic acids is 1. The van der Waals surface area contributed by atoms with Gasteiger partial charge in [0, 0.05) is 30.4 Å². The fourth-order valence-electron chi connectivity index (χ4n) is 2.03. The van der Waals surface area contributed by atoms with Crippen molar-refractivity contribution in [2.75, 3.05) is 18.1 Å². The maximum atomic E-state index is 11.7. The van der Waals surface area contributed by atoms with E-state index in [-0.39, 0.29) is 11.7 Å². The predicted octanol–water partition coefficient (Wildman–Crippen LogP) is 2.03. The molecule has 2 aromatic rings. The van der Waals surface area contributed by atoms with Crippen molar-refractivity contribution in [3.63, 3.8) is 0 Å².